The maximum absolute atomic E-state index is 14.3. The van der Waals surface area contributed by atoms with E-state index in [0.717, 1.165) is 27.5 Å². The minimum absolute atomic E-state index is 0.145. The lowest BCUT2D eigenvalue weighted by Crippen LogP contribution is -2.43. The number of nitrogens with zero attached hydrogens (tertiary/aromatic N) is 3. The number of hydrogen-bond acceptors (Lipinski definition) is 6. The van der Waals surface area contributed by atoms with Crippen molar-refractivity contribution in [1.82, 2.24) is 9.47 Å². The number of amides is 1. The lowest BCUT2D eigenvalue weighted by Gasteiger charge is -2.30. The van der Waals surface area contributed by atoms with Gasteiger partial charge in [-0.25, -0.2) is 4.99 Å². The Morgan fingerprint density at radius 1 is 1.02 bits per heavy atom. The molecule has 0 N–H and O–H groups in total. The number of likely N-dealkylation sites (N-methyl/N-ethyl adjacent to an activating group) is 1. The second-order valence-corrected chi connectivity index (χ2v) is 12.4. The van der Waals surface area contributed by atoms with Crippen molar-refractivity contribution in [3.05, 3.63) is 138 Å². The van der Waals surface area contributed by atoms with E-state index in [2.05, 4.69) is 0 Å². The largest absolute Gasteiger partial charge is 0.496 e. The van der Waals surface area contributed by atoms with E-state index in [4.69, 9.17) is 26.1 Å². The van der Waals surface area contributed by atoms with E-state index < -0.39 is 6.04 Å². The Labute approximate surface area is 276 Å². The topological polar surface area (TPSA) is 73.1 Å². The van der Waals surface area contributed by atoms with E-state index in [1.54, 1.807) is 16.6 Å². The van der Waals surface area contributed by atoms with Gasteiger partial charge in [-0.05, 0) is 79.1 Å². The molecule has 5 aromatic rings. The number of benzene rings is 4. The van der Waals surface area contributed by atoms with Crippen molar-refractivity contribution < 1.29 is 14.3 Å². The average Bonchev–Trinajstić information content (AvgIpc) is 3.37. The standard InChI is InChI=1S/C37H34ClN3O4S/c1-5-40(6-2)36(43)32-23(3)39-37-41(34(32)33-29-13-8-7-11-26(29)16-19-30(33)44-4)35(42)31(46-37)21-24-14-17-28(18-15-24)45-22-25-10-9-12-27(38)20-25/h7-21,34H,5-6,22H2,1-4H3/b31-21+/t34-/m1/s1. The zero-order valence-electron chi connectivity index (χ0n) is 26.1. The lowest BCUT2D eigenvalue weighted by atomic mass is 9.90. The monoisotopic (exact) mass is 651 g/mol. The van der Waals surface area contributed by atoms with Crippen LogP contribution in [-0.2, 0) is 11.4 Å². The number of carbonyl (C=O) groups is 1. The maximum Gasteiger partial charge on any atom is 0.271 e. The quantitative estimate of drug-likeness (QED) is 0.183. The van der Waals surface area contributed by atoms with Crippen LogP contribution < -0.4 is 24.4 Å². The van der Waals surface area contributed by atoms with E-state index in [0.29, 0.717) is 56.8 Å². The second kappa shape index (κ2) is 13.4. The van der Waals surface area contributed by atoms with Gasteiger partial charge in [0.1, 0.15) is 24.1 Å². The number of aromatic nitrogens is 1. The SMILES string of the molecule is CCN(CC)C(=O)C1=C(C)N=c2s/c(=C/c3ccc(OCc4cccc(Cl)c4)cc3)c(=O)n2[C@H]1c1c(OC)ccc2ccccc12. The molecule has 1 aliphatic rings. The average molecular weight is 652 g/mol. The van der Waals surface area contributed by atoms with Crippen LogP contribution in [0.15, 0.2) is 106 Å². The van der Waals surface area contributed by atoms with Gasteiger partial charge in [0, 0.05) is 23.7 Å². The van der Waals surface area contributed by atoms with Gasteiger partial charge >= 0.3 is 0 Å². The summed E-state index contributed by atoms with van der Waals surface area (Å²) in [6.45, 7) is 7.22. The van der Waals surface area contributed by atoms with Crippen LogP contribution in [-0.4, -0.2) is 35.6 Å². The molecule has 0 spiro atoms. The number of halogens is 1. The molecule has 4 aromatic carbocycles. The molecule has 46 heavy (non-hydrogen) atoms. The molecule has 9 heteroatoms. The van der Waals surface area contributed by atoms with Crippen molar-refractivity contribution in [1.29, 1.82) is 0 Å². The van der Waals surface area contributed by atoms with Crippen molar-refractivity contribution in [2.75, 3.05) is 20.2 Å². The van der Waals surface area contributed by atoms with Crippen molar-refractivity contribution in [3.8, 4) is 11.5 Å². The third kappa shape index (κ3) is 5.98. The molecule has 0 saturated carbocycles. The molecule has 0 bridgehead atoms. The molecule has 0 saturated heterocycles. The molecule has 0 fully saturated rings. The summed E-state index contributed by atoms with van der Waals surface area (Å²) in [5, 5.41) is 2.57. The number of ether oxygens (including phenoxy) is 2. The zero-order valence-corrected chi connectivity index (χ0v) is 27.7. The minimum atomic E-state index is -0.727. The molecule has 0 aliphatic carbocycles. The van der Waals surface area contributed by atoms with Crippen LogP contribution in [0.4, 0.5) is 0 Å². The van der Waals surface area contributed by atoms with Crippen LogP contribution in [0.3, 0.4) is 0 Å². The van der Waals surface area contributed by atoms with Crippen LogP contribution in [0.5, 0.6) is 11.5 Å². The number of carbonyl (C=O) groups excluding carboxylic acids is 1. The fourth-order valence-corrected chi connectivity index (χ4v) is 7.15. The van der Waals surface area contributed by atoms with Gasteiger partial charge in [-0.3, -0.25) is 14.2 Å². The van der Waals surface area contributed by atoms with Gasteiger partial charge < -0.3 is 14.4 Å². The van der Waals surface area contributed by atoms with Crippen molar-refractivity contribution in [2.45, 2.75) is 33.4 Å². The summed E-state index contributed by atoms with van der Waals surface area (Å²) in [4.78, 5) is 35.6. The van der Waals surface area contributed by atoms with Gasteiger partial charge in [0.05, 0.1) is 22.9 Å². The first-order valence-electron chi connectivity index (χ1n) is 15.2. The van der Waals surface area contributed by atoms with Gasteiger partial charge in [-0.1, -0.05) is 77.5 Å². The summed E-state index contributed by atoms with van der Waals surface area (Å²) in [5.41, 5.74) is 3.42. The first-order valence-corrected chi connectivity index (χ1v) is 16.4. The molecule has 1 atom stereocenters. The number of allylic oxidation sites excluding steroid dienone is 1. The molecule has 1 aliphatic heterocycles. The van der Waals surface area contributed by atoms with Gasteiger partial charge in [0.2, 0.25) is 0 Å². The van der Waals surface area contributed by atoms with Gasteiger partial charge in [0.15, 0.2) is 4.80 Å². The van der Waals surface area contributed by atoms with E-state index in [1.165, 1.54) is 11.3 Å². The highest BCUT2D eigenvalue weighted by molar-refractivity contribution is 7.07. The van der Waals surface area contributed by atoms with E-state index in [-0.39, 0.29) is 11.5 Å². The van der Waals surface area contributed by atoms with Gasteiger partial charge in [-0.2, -0.15) is 0 Å². The summed E-state index contributed by atoms with van der Waals surface area (Å²) >= 11 is 7.41. The lowest BCUT2D eigenvalue weighted by molar-refractivity contribution is -0.127. The highest BCUT2D eigenvalue weighted by Gasteiger charge is 2.36. The Balaban J connectivity index is 1.46. The fourth-order valence-electron chi connectivity index (χ4n) is 5.89. The molecule has 0 unspecified atom stereocenters. The van der Waals surface area contributed by atoms with E-state index in [1.807, 2.05) is 112 Å². The van der Waals surface area contributed by atoms with Crippen molar-refractivity contribution in [2.24, 2.45) is 4.99 Å². The minimum Gasteiger partial charge on any atom is -0.496 e. The Hall–Kier alpha value is -4.66. The second-order valence-electron chi connectivity index (χ2n) is 10.9. The van der Waals surface area contributed by atoms with Crippen LogP contribution in [0.2, 0.25) is 5.02 Å². The van der Waals surface area contributed by atoms with Crippen LogP contribution in [0.25, 0.3) is 16.8 Å². The van der Waals surface area contributed by atoms with Crippen molar-refractivity contribution >= 4 is 45.7 Å². The third-order valence-corrected chi connectivity index (χ3v) is 9.42. The first-order chi connectivity index (χ1) is 22.3. The molecule has 1 aromatic heterocycles. The Bertz CT molecular complexity index is 2150. The van der Waals surface area contributed by atoms with Gasteiger partial charge in [0.25, 0.3) is 11.5 Å². The number of methoxy groups -OCH3 is 1. The summed E-state index contributed by atoms with van der Waals surface area (Å²) < 4.78 is 14.0. The third-order valence-electron chi connectivity index (χ3n) is 8.20. The van der Waals surface area contributed by atoms with Crippen LogP contribution in [0, 0.1) is 0 Å². The predicted octanol–water partition coefficient (Wildman–Crippen LogP) is 6.50. The molecule has 7 nitrogen and oxygen atoms in total. The molecule has 0 radical (unpaired) electrons. The normalized spacial score (nSPS) is 14.6. The summed E-state index contributed by atoms with van der Waals surface area (Å²) in [5.74, 6) is 1.16. The van der Waals surface area contributed by atoms with E-state index >= 15 is 0 Å². The van der Waals surface area contributed by atoms with Crippen LogP contribution >= 0.6 is 22.9 Å². The Morgan fingerprint density at radius 2 is 1.78 bits per heavy atom. The molecular formula is C37H34ClN3O4S. The smallest absolute Gasteiger partial charge is 0.271 e. The highest BCUT2D eigenvalue weighted by Crippen LogP contribution is 2.40. The molecule has 2 heterocycles. The predicted molar refractivity (Wildman–Crippen MR) is 184 cm³/mol. The number of rotatable bonds is 9. The Morgan fingerprint density at radius 3 is 2.50 bits per heavy atom. The molecule has 234 valence electrons. The van der Waals surface area contributed by atoms with E-state index in [9.17, 15) is 9.59 Å². The maximum atomic E-state index is 14.3. The van der Waals surface area contributed by atoms with Crippen molar-refractivity contribution in [3.63, 3.8) is 0 Å². The van der Waals surface area contributed by atoms with Crippen LogP contribution in [0.1, 0.15) is 43.5 Å². The molecule has 1 amide bonds. The summed E-state index contributed by atoms with van der Waals surface area (Å²) in [6, 6.07) is 26.3. The number of fused-ring (bicyclic) bond motifs is 2. The molecule has 6 rings (SSSR count). The Kier molecular flexibility index (Phi) is 9.10. The first kappa shape index (κ1) is 31.3. The van der Waals surface area contributed by atoms with Gasteiger partial charge in [-0.15, -0.1) is 0 Å². The fraction of sp³-hybridized carbons (Fsp3) is 0.216. The zero-order chi connectivity index (χ0) is 32.4. The summed E-state index contributed by atoms with van der Waals surface area (Å²) in [6.07, 6.45) is 1.85. The number of thiazole rings is 1. The molecular weight excluding hydrogens is 618 g/mol. The number of hydrogen-bond donors (Lipinski definition) is 0. The summed E-state index contributed by atoms with van der Waals surface area (Å²) in [7, 11) is 1.61. The highest BCUT2D eigenvalue weighted by atomic mass is 35.5.